The molecule has 0 radical (unpaired) electrons. The summed E-state index contributed by atoms with van der Waals surface area (Å²) < 4.78 is 1.25. The minimum Gasteiger partial charge on any atom is -0.310 e. The number of anilines is 3. The molecule has 0 aliphatic rings. The molecule has 0 bridgehead atoms. The van der Waals surface area contributed by atoms with Gasteiger partial charge in [0.25, 0.3) is 0 Å². The molecule has 0 aliphatic heterocycles. The van der Waals surface area contributed by atoms with E-state index in [4.69, 9.17) is 4.98 Å². The van der Waals surface area contributed by atoms with Gasteiger partial charge in [0.2, 0.25) is 0 Å². The van der Waals surface area contributed by atoms with E-state index in [9.17, 15) is 0 Å². The maximum Gasteiger partial charge on any atom is 0.125 e. The van der Waals surface area contributed by atoms with Crippen LogP contribution in [0.1, 0.15) is 0 Å². The van der Waals surface area contributed by atoms with Gasteiger partial charge in [0.15, 0.2) is 0 Å². The molecular weight excluding hydrogens is 504 g/mol. The van der Waals surface area contributed by atoms with Crippen LogP contribution in [-0.4, -0.2) is 4.98 Å². The van der Waals surface area contributed by atoms with Gasteiger partial charge in [-0.3, -0.25) is 0 Å². The Hall–Kier alpha value is -4.99. The van der Waals surface area contributed by atoms with Gasteiger partial charge in [-0.2, -0.15) is 0 Å². The fourth-order valence-electron chi connectivity index (χ4n) is 5.72. The van der Waals surface area contributed by atoms with Crippen LogP contribution in [0, 0.1) is 0 Å². The lowest BCUT2D eigenvalue weighted by molar-refractivity contribution is 1.30. The predicted octanol–water partition coefficient (Wildman–Crippen LogP) is 10.9. The highest BCUT2D eigenvalue weighted by Crippen LogP contribution is 2.42. The summed E-state index contributed by atoms with van der Waals surface area (Å²) in [6, 6.07) is 50.1. The van der Waals surface area contributed by atoms with E-state index in [0.29, 0.717) is 0 Å². The molecule has 0 unspecified atom stereocenters. The van der Waals surface area contributed by atoms with Crippen molar-refractivity contribution in [3.8, 4) is 11.1 Å². The molecule has 0 aliphatic carbocycles. The summed E-state index contributed by atoms with van der Waals surface area (Å²) in [5.41, 5.74) is 5.81. The Morgan fingerprint density at radius 1 is 0.475 bits per heavy atom. The zero-order valence-corrected chi connectivity index (χ0v) is 22.5. The minimum absolute atomic E-state index is 1.08. The first kappa shape index (κ1) is 22.9. The Labute approximate surface area is 236 Å². The van der Waals surface area contributed by atoms with Crippen LogP contribution in [0.3, 0.4) is 0 Å². The average molecular weight is 529 g/mol. The quantitative estimate of drug-likeness (QED) is 0.226. The van der Waals surface area contributed by atoms with E-state index >= 15 is 0 Å². The smallest absolute Gasteiger partial charge is 0.125 e. The summed E-state index contributed by atoms with van der Waals surface area (Å²) in [6.45, 7) is 0. The second-order valence-corrected chi connectivity index (χ2v) is 11.1. The van der Waals surface area contributed by atoms with Crippen molar-refractivity contribution in [2.24, 2.45) is 0 Å². The molecule has 188 valence electrons. The highest BCUT2D eigenvalue weighted by atomic mass is 32.1. The number of rotatable bonds is 4. The lowest BCUT2D eigenvalue weighted by Crippen LogP contribution is -2.09. The lowest BCUT2D eigenvalue weighted by atomic mass is 10.0. The first-order valence-electron chi connectivity index (χ1n) is 13.5. The molecule has 0 saturated heterocycles. The molecule has 40 heavy (non-hydrogen) atoms. The van der Waals surface area contributed by atoms with Crippen LogP contribution < -0.4 is 4.90 Å². The van der Waals surface area contributed by atoms with E-state index in [0.717, 1.165) is 21.9 Å². The van der Waals surface area contributed by atoms with E-state index in [2.05, 4.69) is 144 Å². The van der Waals surface area contributed by atoms with Crippen molar-refractivity contribution in [2.45, 2.75) is 0 Å². The first-order chi connectivity index (χ1) is 19.8. The van der Waals surface area contributed by atoms with E-state index in [1.165, 1.54) is 48.1 Å². The Morgan fingerprint density at radius 2 is 1.12 bits per heavy atom. The molecule has 0 N–H and O–H groups in total. The standard InChI is InChI=1S/C37H24N2S/c1-2-8-25(9-3-1)27-14-17-30(18-15-27)39(31-19-16-26-10-4-5-11-28(26)22-31)32-20-21-35-34(23-32)36-33-13-7-6-12-29(33)24-38-37(36)40-35/h1-24H. The third kappa shape index (κ3) is 3.83. The lowest BCUT2D eigenvalue weighted by Gasteiger charge is -2.26. The van der Waals surface area contributed by atoms with Crippen LogP contribution in [0.4, 0.5) is 17.1 Å². The van der Waals surface area contributed by atoms with Gasteiger partial charge in [0.05, 0.1) is 0 Å². The van der Waals surface area contributed by atoms with Crippen molar-refractivity contribution in [3.63, 3.8) is 0 Å². The van der Waals surface area contributed by atoms with Crippen molar-refractivity contribution < 1.29 is 0 Å². The number of hydrogen-bond acceptors (Lipinski definition) is 3. The highest BCUT2D eigenvalue weighted by molar-refractivity contribution is 7.25. The fourth-order valence-corrected chi connectivity index (χ4v) is 6.77. The van der Waals surface area contributed by atoms with Crippen LogP contribution >= 0.6 is 11.3 Å². The third-order valence-electron chi connectivity index (χ3n) is 7.69. The van der Waals surface area contributed by atoms with Gasteiger partial charge in [-0.05, 0) is 69.8 Å². The van der Waals surface area contributed by atoms with Gasteiger partial charge < -0.3 is 4.90 Å². The van der Waals surface area contributed by atoms with Crippen LogP contribution in [-0.2, 0) is 0 Å². The largest absolute Gasteiger partial charge is 0.310 e. The SMILES string of the molecule is c1ccc(-c2ccc(N(c3ccc4ccccc4c3)c3ccc4sc5ncc6ccccc6c5c4c3)cc2)cc1. The van der Waals surface area contributed by atoms with Crippen molar-refractivity contribution in [1.82, 2.24) is 4.98 Å². The monoisotopic (exact) mass is 528 g/mol. The van der Waals surface area contributed by atoms with E-state index in [1.807, 2.05) is 6.20 Å². The molecule has 6 aromatic carbocycles. The summed E-state index contributed by atoms with van der Waals surface area (Å²) in [5.74, 6) is 0. The van der Waals surface area contributed by atoms with E-state index in [-0.39, 0.29) is 0 Å². The second-order valence-electron chi connectivity index (χ2n) is 10.1. The number of fused-ring (bicyclic) bond motifs is 6. The summed E-state index contributed by atoms with van der Waals surface area (Å²) in [4.78, 5) is 8.26. The fraction of sp³-hybridized carbons (Fsp3) is 0. The zero-order chi connectivity index (χ0) is 26.5. The molecule has 3 heteroatoms. The summed E-state index contributed by atoms with van der Waals surface area (Å²) in [6.07, 6.45) is 1.99. The summed E-state index contributed by atoms with van der Waals surface area (Å²) in [5, 5.41) is 7.36. The first-order valence-corrected chi connectivity index (χ1v) is 14.3. The van der Waals surface area contributed by atoms with Crippen LogP contribution in [0.25, 0.3) is 53.0 Å². The number of benzene rings is 6. The van der Waals surface area contributed by atoms with E-state index in [1.54, 1.807) is 11.3 Å². The summed E-state index contributed by atoms with van der Waals surface area (Å²) >= 11 is 1.76. The molecule has 0 saturated carbocycles. The number of hydrogen-bond donors (Lipinski definition) is 0. The Bertz CT molecular complexity index is 2160. The molecular formula is C37H24N2S. The molecule has 8 aromatic rings. The molecule has 0 spiro atoms. The average Bonchev–Trinajstić information content (AvgIpc) is 3.41. The van der Waals surface area contributed by atoms with Gasteiger partial charge in [-0.1, -0.05) is 97.1 Å². The number of aromatic nitrogens is 1. The van der Waals surface area contributed by atoms with Crippen LogP contribution in [0.5, 0.6) is 0 Å². The molecule has 2 nitrogen and oxygen atoms in total. The molecule has 0 atom stereocenters. The topological polar surface area (TPSA) is 16.1 Å². The molecule has 2 aromatic heterocycles. The third-order valence-corrected chi connectivity index (χ3v) is 8.76. The number of thiophene rings is 1. The van der Waals surface area contributed by atoms with Crippen LogP contribution in [0.15, 0.2) is 146 Å². The molecule has 2 heterocycles. The summed E-state index contributed by atoms with van der Waals surface area (Å²) in [7, 11) is 0. The maximum atomic E-state index is 4.81. The predicted molar refractivity (Wildman–Crippen MR) is 172 cm³/mol. The van der Waals surface area contributed by atoms with Gasteiger partial charge >= 0.3 is 0 Å². The van der Waals surface area contributed by atoms with Gasteiger partial charge in [-0.25, -0.2) is 4.98 Å². The highest BCUT2D eigenvalue weighted by Gasteiger charge is 2.17. The second kappa shape index (κ2) is 9.33. The number of nitrogens with zero attached hydrogens (tertiary/aromatic N) is 2. The van der Waals surface area contributed by atoms with E-state index < -0.39 is 0 Å². The van der Waals surface area contributed by atoms with Crippen molar-refractivity contribution in [2.75, 3.05) is 4.90 Å². The van der Waals surface area contributed by atoms with Crippen molar-refractivity contribution in [1.29, 1.82) is 0 Å². The Morgan fingerprint density at radius 3 is 1.98 bits per heavy atom. The normalized spacial score (nSPS) is 11.5. The van der Waals surface area contributed by atoms with Gasteiger partial charge in [-0.15, -0.1) is 11.3 Å². The Balaban J connectivity index is 1.34. The molecule has 8 rings (SSSR count). The van der Waals surface area contributed by atoms with Gasteiger partial charge in [0, 0.05) is 44.1 Å². The minimum atomic E-state index is 1.08. The van der Waals surface area contributed by atoms with Crippen molar-refractivity contribution >= 4 is 70.2 Å². The Kier molecular flexibility index (Phi) is 5.35. The number of pyridine rings is 1. The molecule has 0 amide bonds. The zero-order valence-electron chi connectivity index (χ0n) is 21.7. The van der Waals surface area contributed by atoms with Crippen molar-refractivity contribution in [3.05, 3.63) is 146 Å². The maximum absolute atomic E-state index is 4.81. The van der Waals surface area contributed by atoms with Crippen LogP contribution in [0.2, 0.25) is 0 Å². The van der Waals surface area contributed by atoms with Gasteiger partial charge in [0.1, 0.15) is 4.83 Å². The molecule has 0 fully saturated rings.